The topological polar surface area (TPSA) is 117 Å². The van der Waals surface area contributed by atoms with Gasteiger partial charge in [0.15, 0.2) is 11.6 Å². The SMILES string of the molecule is CC(=O)c1ccc(NC(=O)N2CCN(c3nc(Nc4ccc(N5CCC(N(C)CCO)C5)cc4)ncc3Cl)CC2)cc1. The summed E-state index contributed by atoms with van der Waals surface area (Å²) in [4.78, 5) is 41.7. The number of anilines is 5. The number of likely N-dealkylation sites (N-methyl/N-ethyl adjacent to an activating group) is 1. The highest BCUT2D eigenvalue weighted by Crippen LogP contribution is 2.28. The van der Waals surface area contributed by atoms with Gasteiger partial charge < -0.3 is 30.4 Å². The molecular weight excluding hydrogens is 556 g/mol. The number of benzene rings is 2. The number of rotatable bonds is 9. The van der Waals surface area contributed by atoms with Crippen LogP contribution in [0.4, 0.5) is 33.6 Å². The molecule has 2 fully saturated rings. The minimum absolute atomic E-state index is 0.0149. The zero-order valence-electron chi connectivity index (χ0n) is 24.0. The highest BCUT2D eigenvalue weighted by atomic mass is 35.5. The zero-order chi connectivity index (χ0) is 29.6. The number of hydrogen-bond donors (Lipinski definition) is 3. The first-order valence-corrected chi connectivity index (χ1v) is 14.6. The van der Waals surface area contributed by atoms with Crippen molar-refractivity contribution in [1.82, 2.24) is 19.8 Å². The van der Waals surface area contributed by atoms with Gasteiger partial charge in [0.2, 0.25) is 5.95 Å². The number of aromatic nitrogens is 2. The molecule has 2 aliphatic rings. The molecule has 11 nitrogen and oxygen atoms in total. The number of aliphatic hydroxyl groups is 1. The maximum absolute atomic E-state index is 12.8. The van der Waals surface area contributed by atoms with Crippen molar-refractivity contribution in [3.8, 4) is 0 Å². The van der Waals surface area contributed by atoms with Crippen molar-refractivity contribution >= 4 is 52.2 Å². The maximum Gasteiger partial charge on any atom is 0.321 e. The Kier molecular flexibility index (Phi) is 9.41. The third kappa shape index (κ3) is 7.10. The quantitative estimate of drug-likeness (QED) is 0.318. The van der Waals surface area contributed by atoms with E-state index in [-0.39, 0.29) is 18.4 Å². The summed E-state index contributed by atoms with van der Waals surface area (Å²) in [5.74, 6) is 1.06. The van der Waals surface area contributed by atoms with Crippen LogP contribution in [0.3, 0.4) is 0 Å². The second kappa shape index (κ2) is 13.4. The van der Waals surface area contributed by atoms with Gasteiger partial charge in [-0.25, -0.2) is 9.78 Å². The molecule has 2 saturated heterocycles. The second-order valence-corrected chi connectivity index (χ2v) is 11.1. The molecule has 2 amide bonds. The number of carbonyl (C=O) groups excluding carboxylic acids is 2. The predicted molar refractivity (Wildman–Crippen MR) is 166 cm³/mol. The predicted octanol–water partition coefficient (Wildman–Crippen LogP) is 3.93. The van der Waals surface area contributed by atoms with Crippen LogP contribution in [0.1, 0.15) is 23.7 Å². The lowest BCUT2D eigenvalue weighted by atomic mass is 10.1. The van der Waals surface area contributed by atoms with Gasteiger partial charge in [-0.15, -0.1) is 0 Å². The van der Waals surface area contributed by atoms with Crippen LogP contribution in [0.15, 0.2) is 54.7 Å². The molecule has 3 aromatic rings. The van der Waals surface area contributed by atoms with Crippen molar-refractivity contribution in [2.24, 2.45) is 0 Å². The van der Waals surface area contributed by atoms with E-state index >= 15 is 0 Å². The number of urea groups is 1. The summed E-state index contributed by atoms with van der Waals surface area (Å²) < 4.78 is 0. The van der Waals surface area contributed by atoms with Crippen LogP contribution in [0, 0.1) is 0 Å². The molecule has 5 rings (SSSR count). The first-order chi connectivity index (χ1) is 20.3. The summed E-state index contributed by atoms with van der Waals surface area (Å²) in [6.45, 7) is 6.47. The molecule has 222 valence electrons. The van der Waals surface area contributed by atoms with E-state index in [1.54, 1.807) is 35.4 Å². The van der Waals surface area contributed by atoms with Crippen molar-refractivity contribution in [2.75, 3.05) is 79.9 Å². The molecule has 1 unspecified atom stereocenters. The van der Waals surface area contributed by atoms with E-state index in [2.05, 4.69) is 54.5 Å². The van der Waals surface area contributed by atoms with Crippen LogP contribution in [0.25, 0.3) is 0 Å². The zero-order valence-corrected chi connectivity index (χ0v) is 24.7. The van der Waals surface area contributed by atoms with E-state index < -0.39 is 0 Å². The summed E-state index contributed by atoms with van der Waals surface area (Å²) in [5.41, 5.74) is 3.28. The van der Waals surface area contributed by atoms with Crippen molar-refractivity contribution in [2.45, 2.75) is 19.4 Å². The number of nitrogens with one attached hydrogen (secondary N) is 2. The Bertz CT molecular complexity index is 1380. The lowest BCUT2D eigenvalue weighted by Crippen LogP contribution is -2.50. The minimum Gasteiger partial charge on any atom is -0.395 e. The van der Waals surface area contributed by atoms with Crippen LogP contribution in [-0.2, 0) is 0 Å². The number of nitrogens with zero attached hydrogens (tertiary/aromatic N) is 6. The number of piperazine rings is 1. The highest BCUT2D eigenvalue weighted by molar-refractivity contribution is 6.32. The molecule has 2 aliphatic heterocycles. The normalized spacial score (nSPS) is 17.1. The molecule has 2 aromatic carbocycles. The van der Waals surface area contributed by atoms with Crippen molar-refractivity contribution in [3.05, 3.63) is 65.3 Å². The monoisotopic (exact) mass is 592 g/mol. The Morgan fingerprint density at radius 1 is 1.00 bits per heavy atom. The van der Waals surface area contributed by atoms with E-state index in [0.717, 1.165) is 30.9 Å². The first kappa shape index (κ1) is 29.6. The standard InChI is InChI=1S/C30H37ClN8O3/c1-21(41)22-3-5-24(6-4-22)34-30(42)38-15-13-37(14-16-38)28-27(31)19-32-29(35-28)33-23-7-9-25(10-8-23)39-12-11-26(20-39)36(2)17-18-40/h3-10,19,26,40H,11-18,20H2,1-2H3,(H,34,42)(H,32,33,35). The summed E-state index contributed by atoms with van der Waals surface area (Å²) >= 11 is 6.49. The third-order valence-electron chi connectivity index (χ3n) is 7.86. The average Bonchev–Trinajstić information content (AvgIpc) is 3.50. The average molecular weight is 593 g/mol. The fraction of sp³-hybridized carbons (Fsp3) is 0.400. The fourth-order valence-corrected chi connectivity index (χ4v) is 5.52. The summed E-state index contributed by atoms with van der Waals surface area (Å²) in [6, 6.07) is 15.3. The Hall–Kier alpha value is -3.93. The molecule has 0 aliphatic carbocycles. The number of aliphatic hydroxyl groups excluding tert-OH is 1. The Morgan fingerprint density at radius 3 is 2.36 bits per heavy atom. The molecule has 3 N–H and O–H groups in total. The lowest BCUT2D eigenvalue weighted by molar-refractivity contribution is 0.101. The van der Waals surface area contributed by atoms with Crippen LogP contribution >= 0.6 is 11.6 Å². The molecule has 0 bridgehead atoms. The number of carbonyl (C=O) groups is 2. The van der Waals surface area contributed by atoms with Crippen LogP contribution in [0.2, 0.25) is 5.02 Å². The van der Waals surface area contributed by atoms with Gasteiger partial charge in [-0.2, -0.15) is 4.98 Å². The number of amides is 2. The Balaban J connectivity index is 1.15. The maximum atomic E-state index is 12.8. The molecule has 1 atom stereocenters. The largest absolute Gasteiger partial charge is 0.395 e. The van der Waals surface area contributed by atoms with Gasteiger partial charge in [0, 0.05) is 74.5 Å². The highest BCUT2D eigenvalue weighted by Gasteiger charge is 2.26. The Morgan fingerprint density at radius 2 is 1.69 bits per heavy atom. The minimum atomic E-state index is -0.188. The summed E-state index contributed by atoms with van der Waals surface area (Å²) in [5, 5.41) is 15.9. The molecule has 0 saturated carbocycles. The van der Waals surface area contributed by atoms with Crippen molar-refractivity contribution in [1.29, 1.82) is 0 Å². The van der Waals surface area contributed by atoms with E-state index in [1.165, 1.54) is 6.92 Å². The van der Waals surface area contributed by atoms with Gasteiger partial charge in [-0.3, -0.25) is 9.69 Å². The number of halogens is 1. The van der Waals surface area contributed by atoms with Crippen molar-refractivity contribution < 1.29 is 14.7 Å². The molecule has 12 heteroatoms. The van der Waals surface area contributed by atoms with E-state index in [4.69, 9.17) is 11.6 Å². The van der Waals surface area contributed by atoms with Gasteiger partial charge in [-0.05, 0) is 68.9 Å². The molecular formula is C30H37ClN8O3. The molecule has 3 heterocycles. The number of Topliss-reactive ketones (excluding diaryl/α,β-unsaturated/α-hetero) is 1. The van der Waals surface area contributed by atoms with E-state index in [9.17, 15) is 14.7 Å². The number of ketones is 1. The molecule has 42 heavy (non-hydrogen) atoms. The fourth-order valence-electron chi connectivity index (χ4n) is 5.31. The molecule has 1 aromatic heterocycles. The summed E-state index contributed by atoms with van der Waals surface area (Å²) in [6.07, 6.45) is 2.67. The van der Waals surface area contributed by atoms with Crippen LogP contribution < -0.4 is 20.4 Å². The van der Waals surface area contributed by atoms with Gasteiger partial charge in [0.1, 0.15) is 5.02 Å². The molecule has 0 spiro atoms. The van der Waals surface area contributed by atoms with E-state index in [0.29, 0.717) is 66.8 Å². The third-order valence-corrected chi connectivity index (χ3v) is 8.13. The van der Waals surface area contributed by atoms with Gasteiger partial charge in [0.25, 0.3) is 0 Å². The van der Waals surface area contributed by atoms with E-state index in [1.807, 2.05) is 12.1 Å². The summed E-state index contributed by atoms with van der Waals surface area (Å²) in [7, 11) is 2.06. The van der Waals surface area contributed by atoms with Crippen molar-refractivity contribution in [3.63, 3.8) is 0 Å². The van der Waals surface area contributed by atoms with Gasteiger partial charge in [-0.1, -0.05) is 11.6 Å². The second-order valence-electron chi connectivity index (χ2n) is 10.7. The number of hydrogen-bond acceptors (Lipinski definition) is 9. The molecule has 0 radical (unpaired) electrons. The van der Waals surface area contributed by atoms with Gasteiger partial charge in [0.05, 0.1) is 12.8 Å². The lowest BCUT2D eigenvalue weighted by Gasteiger charge is -2.35. The smallest absolute Gasteiger partial charge is 0.321 e. The first-order valence-electron chi connectivity index (χ1n) is 14.2. The van der Waals surface area contributed by atoms with Crippen LogP contribution in [0.5, 0.6) is 0 Å². The Labute approximate surface area is 251 Å². The van der Waals surface area contributed by atoms with Gasteiger partial charge >= 0.3 is 6.03 Å². The van der Waals surface area contributed by atoms with Crippen LogP contribution in [-0.4, -0.2) is 102 Å².